The molecule has 1 aromatic carbocycles. The Bertz CT molecular complexity index is 2110. The van der Waals surface area contributed by atoms with E-state index in [9.17, 15) is 23.1 Å². The Kier molecular flexibility index (Phi) is 12.4. The number of hydrogen-bond donors (Lipinski definition) is 1. The van der Waals surface area contributed by atoms with Crippen LogP contribution in [-0.2, 0) is 6.18 Å². The molecule has 0 radical (unpaired) electrons. The van der Waals surface area contributed by atoms with E-state index in [0.717, 1.165) is 69.7 Å². The number of nitrogens with zero attached hydrogens (tertiary/aromatic N) is 7. The zero-order valence-electron chi connectivity index (χ0n) is 31.5. The van der Waals surface area contributed by atoms with E-state index in [1.165, 1.54) is 43.9 Å². The van der Waals surface area contributed by atoms with E-state index < -0.39 is 17.5 Å². The fourth-order valence-electron chi connectivity index (χ4n) is 8.20. The number of piperidine rings is 2. The van der Waals surface area contributed by atoms with Crippen molar-refractivity contribution in [1.82, 2.24) is 34.4 Å². The standard InChI is InChI=1S/C24H20F3N5O.C20H28N2O/c25-24(26,27)21-13-19(16-7-2-1-3-8-16)30-22-18(15-29-32(21)22)23(33)31-12-5-4-10-20(31)17-9-6-11-28-14-17;23-20(11-4-1-2-5-12-20)13-8-16-22-15-6-3-10-19(22)18-9-7-14-21-17-18/h1-3,6-9,11,13-15,20H,4-5,10,12H2;7,9,14,17,19,23H,1-6,10-12,15-16H2/t20-;19-/m00/s1. The molecule has 2 aliphatic heterocycles. The molecule has 2 saturated heterocycles. The van der Waals surface area contributed by atoms with Crippen molar-refractivity contribution in [3.8, 4) is 23.1 Å². The second kappa shape index (κ2) is 17.8. The topological polar surface area (TPSA) is 99.8 Å². The van der Waals surface area contributed by atoms with Gasteiger partial charge in [0, 0.05) is 42.9 Å². The van der Waals surface area contributed by atoms with E-state index in [-0.39, 0.29) is 28.9 Å². The second-order valence-electron chi connectivity index (χ2n) is 15.0. The Balaban J connectivity index is 0.000000183. The molecule has 1 N–H and O–H groups in total. The van der Waals surface area contributed by atoms with Crippen molar-refractivity contribution in [3.63, 3.8) is 0 Å². The molecule has 8 rings (SSSR count). The fraction of sp³-hybridized carbons (Fsp3) is 0.432. The summed E-state index contributed by atoms with van der Waals surface area (Å²) in [5.41, 5.74) is 1.07. The number of likely N-dealkylation sites (tertiary alicyclic amines) is 2. The number of aliphatic hydroxyl groups is 1. The minimum atomic E-state index is -4.67. The Morgan fingerprint density at radius 2 is 1.46 bits per heavy atom. The fourth-order valence-corrected chi connectivity index (χ4v) is 8.20. The molecule has 9 nitrogen and oxygen atoms in total. The van der Waals surface area contributed by atoms with Gasteiger partial charge in [0.2, 0.25) is 0 Å². The number of benzene rings is 1. The van der Waals surface area contributed by atoms with Crippen LogP contribution in [0.15, 0.2) is 91.6 Å². The van der Waals surface area contributed by atoms with Gasteiger partial charge in [0.1, 0.15) is 11.2 Å². The van der Waals surface area contributed by atoms with E-state index >= 15 is 0 Å². The summed E-state index contributed by atoms with van der Waals surface area (Å²) in [6.45, 7) is 2.34. The highest BCUT2D eigenvalue weighted by Gasteiger charge is 2.37. The van der Waals surface area contributed by atoms with Crippen LogP contribution >= 0.6 is 0 Å². The van der Waals surface area contributed by atoms with Gasteiger partial charge >= 0.3 is 6.18 Å². The van der Waals surface area contributed by atoms with Crippen LogP contribution in [0.1, 0.15) is 116 Å². The summed E-state index contributed by atoms with van der Waals surface area (Å²) in [7, 11) is 0. The maximum atomic E-state index is 13.9. The maximum absolute atomic E-state index is 13.9. The number of carbonyl (C=O) groups is 1. The molecule has 12 heteroatoms. The van der Waals surface area contributed by atoms with E-state index in [1.807, 2.05) is 30.6 Å². The largest absolute Gasteiger partial charge is 0.433 e. The molecule has 1 amide bonds. The number of halogens is 3. The lowest BCUT2D eigenvalue weighted by atomic mass is 9.94. The summed E-state index contributed by atoms with van der Waals surface area (Å²) in [6.07, 6.45) is 16.3. The molecule has 4 aromatic heterocycles. The van der Waals surface area contributed by atoms with Crippen molar-refractivity contribution in [2.75, 3.05) is 19.6 Å². The predicted octanol–water partition coefficient (Wildman–Crippen LogP) is 8.87. The van der Waals surface area contributed by atoms with Crippen LogP contribution in [0.2, 0.25) is 0 Å². The van der Waals surface area contributed by atoms with Crippen LogP contribution in [0, 0.1) is 11.8 Å². The second-order valence-corrected chi connectivity index (χ2v) is 15.0. The Labute approximate surface area is 326 Å². The zero-order chi connectivity index (χ0) is 39.0. The van der Waals surface area contributed by atoms with Crippen molar-refractivity contribution in [3.05, 3.63) is 114 Å². The molecular weight excluding hydrogens is 716 g/mol. The van der Waals surface area contributed by atoms with Gasteiger partial charge in [-0.3, -0.25) is 19.7 Å². The zero-order valence-corrected chi connectivity index (χ0v) is 31.5. The summed E-state index contributed by atoms with van der Waals surface area (Å²) >= 11 is 0. The molecule has 1 aliphatic carbocycles. The van der Waals surface area contributed by atoms with E-state index in [4.69, 9.17) is 0 Å². The molecule has 0 unspecified atom stereocenters. The highest BCUT2D eigenvalue weighted by molar-refractivity contribution is 6.00. The number of amides is 1. The molecule has 56 heavy (non-hydrogen) atoms. The van der Waals surface area contributed by atoms with Crippen molar-refractivity contribution < 1.29 is 23.1 Å². The first-order chi connectivity index (χ1) is 27.2. The SMILES string of the molecule is O=C(c1cnn2c(C(F)(F)F)cc(-c3ccccc3)nc12)N1CCCC[C@H]1c1cccnc1.OC1(C#CCN2CCCC[C@H]2c2cccnc2)CCCCCC1. The Morgan fingerprint density at radius 3 is 2.12 bits per heavy atom. The molecule has 5 aromatic rings. The summed E-state index contributed by atoms with van der Waals surface area (Å²) in [6, 6.07) is 17.7. The van der Waals surface area contributed by atoms with Gasteiger partial charge < -0.3 is 10.0 Å². The number of alkyl halides is 3. The Hall–Kier alpha value is -5.12. The molecule has 0 spiro atoms. The van der Waals surface area contributed by atoms with Crippen LogP contribution in [0.5, 0.6) is 0 Å². The number of aromatic nitrogens is 5. The summed E-state index contributed by atoms with van der Waals surface area (Å²) in [5.74, 6) is 6.12. The minimum Gasteiger partial charge on any atom is -0.378 e. The number of carbonyl (C=O) groups excluding carboxylic acids is 1. The normalized spacial score (nSPS) is 20.2. The minimum absolute atomic E-state index is 0.0501. The maximum Gasteiger partial charge on any atom is 0.433 e. The first-order valence-electron chi connectivity index (χ1n) is 19.8. The van der Waals surface area contributed by atoms with Gasteiger partial charge in [-0.25, -0.2) is 9.50 Å². The summed E-state index contributed by atoms with van der Waals surface area (Å²) < 4.78 is 42.3. The lowest BCUT2D eigenvalue weighted by molar-refractivity contribution is -0.142. The van der Waals surface area contributed by atoms with Gasteiger partial charge in [-0.15, -0.1) is 0 Å². The molecule has 3 aliphatic rings. The average molecular weight is 764 g/mol. The monoisotopic (exact) mass is 763 g/mol. The smallest absolute Gasteiger partial charge is 0.378 e. The Morgan fingerprint density at radius 1 is 0.804 bits per heavy atom. The van der Waals surface area contributed by atoms with Gasteiger partial charge in [-0.05, 0) is 93.7 Å². The first-order valence-corrected chi connectivity index (χ1v) is 19.8. The van der Waals surface area contributed by atoms with Gasteiger partial charge in [0.25, 0.3) is 5.91 Å². The van der Waals surface area contributed by atoms with Gasteiger partial charge in [-0.2, -0.15) is 18.3 Å². The third kappa shape index (κ3) is 9.28. The van der Waals surface area contributed by atoms with Crippen LogP contribution in [0.4, 0.5) is 13.2 Å². The third-order valence-electron chi connectivity index (χ3n) is 11.1. The number of rotatable bonds is 5. The van der Waals surface area contributed by atoms with E-state index in [2.05, 4.69) is 42.9 Å². The van der Waals surface area contributed by atoms with Crippen LogP contribution in [0.25, 0.3) is 16.9 Å². The van der Waals surface area contributed by atoms with Crippen LogP contribution in [0.3, 0.4) is 0 Å². The summed E-state index contributed by atoms with van der Waals surface area (Å²) in [4.78, 5) is 30.6. The van der Waals surface area contributed by atoms with E-state index in [1.54, 1.807) is 47.6 Å². The quantitative estimate of drug-likeness (QED) is 0.141. The number of fused-ring (bicyclic) bond motifs is 1. The molecule has 292 valence electrons. The van der Waals surface area contributed by atoms with Crippen molar-refractivity contribution in [2.45, 2.75) is 101 Å². The highest BCUT2D eigenvalue weighted by Crippen LogP contribution is 2.36. The molecule has 3 fully saturated rings. The van der Waals surface area contributed by atoms with Crippen LogP contribution in [-0.4, -0.2) is 70.6 Å². The van der Waals surface area contributed by atoms with Gasteiger partial charge in [0.05, 0.1) is 24.5 Å². The molecule has 1 saturated carbocycles. The third-order valence-corrected chi connectivity index (χ3v) is 11.1. The lowest BCUT2D eigenvalue weighted by Crippen LogP contribution is -2.38. The van der Waals surface area contributed by atoms with Crippen molar-refractivity contribution in [2.24, 2.45) is 0 Å². The van der Waals surface area contributed by atoms with Crippen LogP contribution < -0.4 is 0 Å². The molecular formula is C44H48F3N7O2. The average Bonchev–Trinajstić information content (AvgIpc) is 3.54. The number of hydrogen-bond acceptors (Lipinski definition) is 7. The summed E-state index contributed by atoms with van der Waals surface area (Å²) in [5, 5.41) is 14.6. The van der Waals surface area contributed by atoms with Crippen molar-refractivity contribution in [1.29, 1.82) is 0 Å². The first kappa shape index (κ1) is 39.1. The van der Waals surface area contributed by atoms with E-state index in [0.29, 0.717) is 22.7 Å². The number of pyridine rings is 2. The highest BCUT2D eigenvalue weighted by atomic mass is 19.4. The molecule has 2 atom stereocenters. The molecule has 6 heterocycles. The predicted molar refractivity (Wildman–Crippen MR) is 208 cm³/mol. The lowest BCUT2D eigenvalue weighted by Gasteiger charge is -2.35. The van der Waals surface area contributed by atoms with Crippen molar-refractivity contribution >= 4 is 11.6 Å². The molecule has 0 bridgehead atoms. The van der Waals surface area contributed by atoms with Gasteiger partial charge in [0.15, 0.2) is 11.3 Å². The van der Waals surface area contributed by atoms with Gasteiger partial charge in [-0.1, -0.05) is 73.6 Å².